The third-order valence-electron chi connectivity index (χ3n) is 2.75. The number of aryl methyl sites for hydroxylation is 1. The maximum absolute atomic E-state index is 12.2. The van der Waals surface area contributed by atoms with Crippen LogP contribution in [0.1, 0.15) is 15.9 Å². The monoisotopic (exact) mass is 350 g/mol. The van der Waals surface area contributed by atoms with Crippen LogP contribution in [0.15, 0.2) is 34.9 Å². The van der Waals surface area contributed by atoms with Gasteiger partial charge in [0.05, 0.1) is 4.92 Å². The van der Waals surface area contributed by atoms with Gasteiger partial charge in [0.2, 0.25) is 0 Å². The molecule has 0 aliphatic heterocycles. The standard InChI is InChI=1S/C13H11BrN4O3/c1-7-4-12(16-6-10(7)14)17-13(19)9-5-8(15)2-3-11(9)18(20)21/h2-6H,15H2,1H3,(H,16,17,19). The molecule has 21 heavy (non-hydrogen) atoms. The summed E-state index contributed by atoms with van der Waals surface area (Å²) in [5, 5.41) is 13.5. The molecule has 0 aliphatic carbocycles. The summed E-state index contributed by atoms with van der Waals surface area (Å²) in [4.78, 5) is 26.5. The van der Waals surface area contributed by atoms with E-state index in [-0.39, 0.29) is 16.9 Å². The molecule has 108 valence electrons. The first-order chi connectivity index (χ1) is 9.88. The number of nitrogens with zero attached hydrogens (tertiary/aromatic N) is 2. The predicted octanol–water partition coefficient (Wildman–Crippen LogP) is 2.90. The van der Waals surface area contributed by atoms with Crippen molar-refractivity contribution in [2.75, 3.05) is 11.1 Å². The van der Waals surface area contributed by atoms with Crippen molar-refractivity contribution in [2.45, 2.75) is 6.92 Å². The Bertz CT molecular complexity index is 733. The molecule has 3 N–H and O–H groups in total. The van der Waals surface area contributed by atoms with E-state index in [1.54, 1.807) is 12.3 Å². The summed E-state index contributed by atoms with van der Waals surface area (Å²) < 4.78 is 0.801. The molecule has 0 bridgehead atoms. The second kappa shape index (κ2) is 5.88. The molecule has 8 heteroatoms. The molecule has 0 fully saturated rings. The minimum absolute atomic E-state index is 0.109. The average Bonchev–Trinajstić information content (AvgIpc) is 2.42. The van der Waals surface area contributed by atoms with Crippen LogP contribution in [0.25, 0.3) is 0 Å². The molecule has 0 spiro atoms. The summed E-state index contributed by atoms with van der Waals surface area (Å²) in [6.07, 6.45) is 1.54. The van der Waals surface area contributed by atoms with Crippen molar-refractivity contribution in [2.24, 2.45) is 0 Å². The highest BCUT2D eigenvalue weighted by atomic mass is 79.9. The average molecular weight is 351 g/mol. The topological polar surface area (TPSA) is 111 Å². The predicted molar refractivity (Wildman–Crippen MR) is 82.1 cm³/mol. The second-order valence-corrected chi connectivity index (χ2v) is 5.16. The van der Waals surface area contributed by atoms with Crippen molar-refractivity contribution in [3.63, 3.8) is 0 Å². The van der Waals surface area contributed by atoms with E-state index in [2.05, 4.69) is 26.2 Å². The van der Waals surface area contributed by atoms with Crippen molar-refractivity contribution in [1.82, 2.24) is 4.98 Å². The van der Waals surface area contributed by atoms with E-state index >= 15 is 0 Å². The van der Waals surface area contributed by atoms with Crippen molar-refractivity contribution in [3.05, 3.63) is 56.2 Å². The van der Waals surface area contributed by atoms with Crippen molar-refractivity contribution >= 4 is 39.0 Å². The van der Waals surface area contributed by atoms with Crippen LogP contribution in [0.4, 0.5) is 17.2 Å². The maximum Gasteiger partial charge on any atom is 0.282 e. The first-order valence-corrected chi connectivity index (χ1v) is 6.65. The van der Waals surface area contributed by atoms with Gasteiger partial charge in [-0.05, 0) is 46.6 Å². The molecular formula is C13H11BrN4O3. The molecule has 1 heterocycles. The lowest BCUT2D eigenvalue weighted by atomic mass is 10.1. The van der Waals surface area contributed by atoms with Gasteiger partial charge in [0.25, 0.3) is 11.6 Å². The molecule has 1 amide bonds. The third kappa shape index (κ3) is 3.34. The van der Waals surface area contributed by atoms with Gasteiger partial charge in [-0.15, -0.1) is 0 Å². The van der Waals surface area contributed by atoms with Crippen LogP contribution in [-0.4, -0.2) is 15.8 Å². The van der Waals surface area contributed by atoms with Gasteiger partial charge in [-0.1, -0.05) is 0 Å². The van der Waals surface area contributed by atoms with Gasteiger partial charge in [0.15, 0.2) is 0 Å². The number of amides is 1. The number of nitro benzene ring substituents is 1. The van der Waals surface area contributed by atoms with Gasteiger partial charge in [-0.3, -0.25) is 14.9 Å². The fourth-order valence-corrected chi connectivity index (χ4v) is 1.90. The van der Waals surface area contributed by atoms with Gasteiger partial charge >= 0.3 is 0 Å². The largest absolute Gasteiger partial charge is 0.399 e. The van der Waals surface area contributed by atoms with Gasteiger partial charge in [0, 0.05) is 22.4 Å². The Labute approximate surface area is 128 Å². The normalized spacial score (nSPS) is 10.2. The number of hydrogen-bond acceptors (Lipinski definition) is 5. The lowest BCUT2D eigenvalue weighted by Crippen LogP contribution is -2.15. The minimum Gasteiger partial charge on any atom is -0.399 e. The smallest absolute Gasteiger partial charge is 0.282 e. The van der Waals surface area contributed by atoms with Crippen LogP contribution >= 0.6 is 15.9 Å². The molecule has 2 rings (SSSR count). The number of nitrogens with two attached hydrogens (primary N) is 1. The summed E-state index contributed by atoms with van der Waals surface area (Å²) in [7, 11) is 0. The van der Waals surface area contributed by atoms with Crippen molar-refractivity contribution in [3.8, 4) is 0 Å². The van der Waals surface area contributed by atoms with Crippen LogP contribution in [0.3, 0.4) is 0 Å². The van der Waals surface area contributed by atoms with Gasteiger partial charge in [0.1, 0.15) is 11.4 Å². The Hall–Kier alpha value is -2.48. The van der Waals surface area contributed by atoms with Crippen LogP contribution in [0.5, 0.6) is 0 Å². The number of hydrogen-bond donors (Lipinski definition) is 2. The molecule has 0 aliphatic rings. The number of carbonyl (C=O) groups is 1. The zero-order chi connectivity index (χ0) is 15.6. The molecule has 0 saturated carbocycles. The first kappa shape index (κ1) is 14.9. The SMILES string of the molecule is Cc1cc(NC(=O)c2cc(N)ccc2[N+](=O)[O-])ncc1Br. The number of aromatic nitrogens is 1. The zero-order valence-corrected chi connectivity index (χ0v) is 12.5. The fourth-order valence-electron chi connectivity index (χ4n) is 1.69. The summed E-state index contributed by atoms with van der Waals surface area (Å²) in [5.74, 6) is -0.333. The van der Waals surface area contributed by atoms with Crippen LogP contribution < -0.4 is 11.1 Å². The molecule has 1 aromatic heterocycles. The second-order valence-electron chi connectivity index (χ2n) is 4.31. The molecular weight excluding hydrogens is 340 g/mol. The third-order valence-corrected chi connectivity index (χ3v) is 3.58. The number of halogens is 1. The van der Waals surface area contributed by atoms with Gasteiger partial charge in [-0.25, -0.2) is 4.98 Å². The Kier molecular flexibility index (Phi) is 4.18. The van der Waals surface area contributed by atoms with E-state index in [0.29, 0.717) is 5.82 Å². The van der Waals surface area contributed by atoms with E-state index in [0.717, 1.165) is 10.0 Å². The summed E-state index contributed by atoms with van der Waals surface area (Å²) in [5.41, 5.74) is 6.31. The van der Waals surface area contributed by atoms with Gasteiger partial charge in [-0.2, -0.15) is 0 Å². The number of anilines is 2. The van der Waals surface area contributed by atoms with Crippen molar-refractivity contribution < 1.29 is 9.72 Å². The number of pyridine rings is 1. The van der Waals surface area contributed by atoms with E-state index < -0.39 is 10.8 Å². The molecule has 0 unspecified atom stereocenters. The fraction of sp³-hybridized carbons (Fsp3) is 0.0769. The zero-order valence-electron chi connectivity index (χ0n) is 11.0. The first-order valence-electron chi connectivity index (χ1n) is 5.86. The summed E-state index contributed by atoms with van der Waals surface area (Å²) in [6, 6.07) is 5.49. The number of carbonyl (C=O) groups excluding carboxylic acids is 1. The highest BCUT2D eigenvalue weighted by Crippen LogP contribution is 2.23. The highest BCUT2D eigenvalue weighted by molar-refractivity contribution is 9.10. The van der Waals surface area contributed by atoms with Crippen LogP contribution in [-0.2, 0) is 0 Å². The lowest BCUT2D eigenvalue weighted by molar-refractivity contribution is -0.385. The maximum atomic E-state index is 12.2. The number of nitrogen functional groups attached to an aromatic ring is 1. The van der Waals surface area contributed by atoms with Crippen molar-refractivity contribution in [1.29, 1.82) is 0 Å². The quantitative estimate of drug-likeness (QED) is 0.502. The number of nitrogens with one attached hydrogen (secondary N) is 1. The Morgan fingerprint density at radius 2 is 2.14 bits per heavy atom. The Balaban J connectivity index is 2.34. The number of benzene rings is 1. The van der Waals surface area contributed by atoms with Crippen LogP contribution in [0, 0.1) is 17.0 Å². The Morgan fingerprint density at radius 1 is 1.43 bits per heavy atom. The summed E-state index contributed by atoms with van der Waals surface area (Å²) >= 11 is 3.30. The number of nitro groups is 1. The van der Waals surface area contributed by atoms with Crippen LogP contribution in [0.2, 0.25) is 0 Å². The minimum atomic E-state index is -0.636. The molecule has 0 radical (unpaired) electrons. The lowest BCUT2D eigenvalue weighted by Gasteiger charge is -2.07. The molecule has 2 aromatic rings. The molecule has 1 aromatic carbocycles. The summed E-state index contributed by atoms with van der Waals surface area (Å²) in [6.45, 7) is 1.84. The molecule has 7 nitrogen and oxygen atoms in total. The van der Waals surface area contributed by atoms with E-state index in [1.807, 2.05) is 6.92 Å². The molecule has 0 atom stereocenters. The highest BCUT2D eigenvalue weighted by Gasteiger charge is 2.20. The number of rotatable bonds is 3. The van der Waals surface area contributed by atoms with Gasteiger partial charge < -0.3 is 11.1 Å². The molecule has 0 saturated heterocycles. The van der Waals surface area contributed by atoms with E-state index in [4.69, 9.17) is 5.73 Å². The van der Waals surface area contributed by atoms with E-state index in [1.165, 1.54) is 18.2 Å². The van der Waals surface area contributed by atoms with E-state index in [9.17, 15) is 14.9 Å². The Morgan fingerprint density at radius 3 is 2.76 bits per heavy atom.